The molecule has 0 unspecified atom stereocenters. The van der Waals surface area contributed by atoms with Crippen molar-refractivity contribution < 1.29 is 13.9 Å². The Balaban J connectivity index is 2.35. The van der Waals surface area contributed by atoms with E-state index in [2.05, 4.69) is 15.5 Å². The molecule has 15 heavy (non-hydrogen) atoms. The lowest BCUT2D eigenvalue weighted by Gasteiger charge is -2.19. The predicted octanol–water partition coefficient (Wildman–Crippen LogP) is 1.40. The summed E-state index contributed by atoms with van der Waals surface area (Å²) in [6, 6.07) is 0. The van der Waals surface area contributed by atoms with Crippen LogP contribution in [-0.2, 0) is 11.3 Å². The number of alkyl carbamates (subject to hydrolysis) is 1. The maximum atomic E-state index is 11.2. The molecular formula is C9H15N3O3. The Morgan fingerprint density at radius 1 is 1.47 bits per heavy atom. The fraction of sp³-hybridized carbons (Fsp3) is 0.667. The molecule has 0 aromatic carbocycles. The Bertz CT molecular complexity index is 341. The van der Waals surface area contributed by atoms with Crippen LogP contribution in [-0.4, -0.2) is 21.9 Å². The second kappa shape index (κ2) is 4.29. The Morgan fingerprint density at radius 2 is 2.13 bits per heavy atom. The van der Waals surface area contributed by atoms with Gasteiger partial charge in [0.25, 0.3) is 0 Å². The minimum Gasteiger partial charge on any atom is -0.444 e. The summed E-state index contributed by atoms with van der Waals surface area (Å²) >= 11 is 0. The molecule has 0 aliphatic carbocycles. The second-order valence-electron chi connectivity index (χ2n) is 4.07. The van der Waals surface area contributed by atoms with Crippen molar-refractivity contribution in [2.75, 3.05) is 0 Å². The molecule has 0 saturated carbocycles. The minimum atomic E-state index is -0.505. The third-order valence-electron chi connectivity index (χ3n) is 1.35. The van der Waals surface area contributed by atoms with Crippen LogP contribution < -0.4 is 5.32 Å². The standard InChI is InChI=1S/C9H15N3O3/c1-6-11-12-7(14-6)5-10-8(13)15-9(2,3)4/h5H2,1-4H3,(H,10,13). The van der Waals surface area contributed by atoms with E-state index in [1.807, 2.05) is 0 Å². The molecule has 0 bridgehead atoms. The topological polar surface area (TPSA) is 77.2 Å². The van der Waals surface area contributed by atoms with Crippen molar-refractivity contribution in [3.63, 3.8) is 0 Å². The van der Waals surface area contributed by atoms with E-state index in [4.69, 9.17) is 9.15 Å². The van der Waals surface area contributed by atoms with Crippen molar-refractivity contribution >= 4 is 6.09 Å². The van der Waals surface area contributed by atoms with E-state index in [-0.39, 0.29) is 6.54 Å². The molecule has 0 aliphatic heterocycles. The zero-order chi connectivity index (χ0) is 11.5. The largest absolute Gasteiger partial charge is 0.444 e. The van der Waals surface area contributed by atoms with Gasteiger partial charge in [0.15, 0.2) is 0 Å². The number of aryl methyl sites for hydroxylation is 1. The molecule has 0 radical (unpaired) electrons. The van der Waals surface area contributed by atoms with Gasteiger partial charge in [0.05, 0.1) is 6.54 Å². The van der Waals surface area contributed by atoms with Crippen LogP contribution in [0.5, 0.6) is 0 Å². The average molecular weight is 213 g/mol. The molecule has 0 aliphatic rings. The summed E-state index contributed by atoms with van der Waals surface area (Å²) in [6.45, 7) is 7.25. The van der Waals surface area contributed by atoms with Crippen LogP contribution in [0.2, 0.25) is 0 Å². The highest BCUT2D eigenvalue weighted by Gasteiger charge is 2.16. The second-order valence-corrected chi connectivity index (χ2v) is 4.07. The van der Waals surface area contributed by atoms with Crippen LogP contribution >= 0.6 is 0 Å². The number of amides is 1. The number of carbonyl (C=O) groups excluding carboxylic acids is 1. The average Bonchev–Trinajstić information content (AvgIpc) is 2.45. The highest BCUT2D eigenvalue weighted by atomic mass is 16.6. The SMILES string of the molecule is Cc1nnc(CNC(=O)OC(C)(C)C)o1. The van der Waals surface area contributed by atoms with Crippen molar-refractivity contribution in [2.24, 2.45) is 0 Å². The summed E-state index contributed by atoms with van der Waals surface area (Å²) in [4.78, 5) is 11.2. The number of carbonyl (C=O) groups is 1. The number of rotatable bonds is 2. The van der Waals surface area contributed by atoms with E-state index in [1.54, 1.807) is 27.7 Å². The normalized spacial score (nSPS) is 11.2. The van der Waals surface area contributed by atoms with Gasteiger partial charge in [-0.3, -0.25) is 0 Å². The molecule has 0 atom stereocenters. The molecule has 0 fully saturated rings. The molecule has 1 N–H and O–H groups in total. The van der Waals surface area contributed by atoms with Crippen LogP contribution in [0.25, 0.3) is 0 Å². The summed E-state index contributed by atoms with van der Waals surface area (Å²) in [5.41, 5.74) is -0.505. The Labute approximate surface area is 88.0 Å². The number of nitrogens with one attached hydrogen (secondary N) is 1. The number of hydrogen-bond donors (Lipinski definition) is 1. The minimum absolute atomic E-state index is 0.176. The van der Waals surface area contributed by atoms with Crippen LogP contribution in [0.3, 0.4) is 0 Å². The first-order valence-electron chi connectivity index (χ1n) is 4.62. The van der Waals surface area contributed by atoms with Gasteiger partial charge in [-0.05, 0) is 20.8 Å². The van der Waals surface area contributed by atoms with E-state index >= 15 is 0 Å². The summed E-state index contributed by atoms with van der Waals surface area (Å²) in [5.74, 6) is 0.828. The fourth-order valence-electron chi connectivity index (χ4n) is 0.871. The lowest BCUT2D eigenvalue weighted by atomic mass is 10.2. The summed E-state index contributed by atoms with van der Waals surface area (Å²) in [6.07, 6.45) is -0.502. The third kappa shape index (κ3) is 4.44. The van der Waals surface area contributed by atoms with Crippen LogP contribution in [0.4, 0.5) is 4.79 Å². The first-order chi connectivity index (χ1) is 6.87. The first-order valence-corrected chi connectivity index (χ1v) is 4.62. The van der Waals surface area contributed by atoms with Gasteiger partial charge in [0.2, 0.25) is 11.8 Å². The molecule has 1 aromatic rings. The summed E-state index contributed by atoms with van der Waals surface area (Å²) < 4.78 is 10.1. The molecule has 1 heterocycles. The predicted molar refractivity (Wildman–Crippen MR) is 52.1 cm³/mol. The molecule has 0 spiro atoms. The lowest BCUT2D eigenvalue weighted by Crippen LogP contribution is -2.32. The van der Waals surface area contributed by atoms with Gasteiger partial charge < -0.3 is 14.5 Å². The Hall–Kier alpha value is -1.59. The number of nitrogens with zero attached hydrogens (tertiary/aromatic N) is 2. The fourth-order valence-corrected chi connectivity index (χ4v) is 0.871. The van der Waals surface area contributed by atoms with Gasteiger partial charge >= 0.3 is 6.09 Å². The van der Waals surface area contributed by atoms with Crippen LogP contribution in [0.1, 0.15) is 32.6 Å². The van der Waals surface area contributed by atoms with E-state index < -0.39 is 11.7 Å². The highest BCUT2D eigenvalue weighted by molar-refractivity contribution is 5.67. The van der Waals surface area contributed by atoms with Crippen molar-refractivity contribution in [1.82, 2.24) is 15.5 Å². The maximum absolute atomic E-state index is 11.2. The zero-order valence-electron chi connectivity index (χ0n) is 9.33. The Morgan fingerprint density at radius 3 is 2.60 bits per heavy atom. The third-order valence-corrected chi connectivity index (χ3v) is 1.35. The number of ether oxygens (including phenoxy) is 1. The summed E-state index contributed by atoms with van der Waals surface area (Å²) in [5, 5.41) is 9.87. The number of aromatic nitrogens is 2. The smallest absolute Gasteiger partial charge is 0.408 e. The van der Waals surface area contributed by atoms with Gasteiger partial charge in [-0.1, -0.05) is 0 Å². The van der Waals surface area contributed by atoms with Crippen molar-refractivity contribution in [1.29, 1.82) is 0 Å². The quantitative estimate of drug-likeness (QED) is 0.803. The zero-order valence-corrected chi connectivity index (χ0v) is 9.33. The monoisotopic (exact) mass is 213 g/mol. The highest BCUT2D eigenvalue weighted by Crippen LogP contribution is 2.06. The first kappa shape index (κ1) is 11.5. The number of hydrogen-bond acceptors (Lipinski definition) is 5. The van der Waals surface area contributed by atoms with Gasteiger partial charge in [-0.25, -0.2) is 4.79 Å². The van der Waals surface area contributed by atoms with Crippen molar-refractivity contribution in [3.05, 3.63) is 11.8 Å². The van der Waals surface area contributed by atoms with Gasteiger partial charge in [-0.2, -0.15) is 0 Å². The Kier molecular flexibility index (Phi) is 3.28. The molecule has 1 rings (SSSR count). The maximum Gasteiger partial charge on any atom is 0.408 e. The lowest BCUT2D eigenvalue weighted by molar-refractivity contribution is 0.0518. The van der Waals surface area contributed by atoms with E-state index in [9.17, 15) is 4.79 Å². The van der Waals surface area contributed by atoms with Crippen molar-refractivity contribution in [3.8, 4) is 0 Å². The van der Waals surface area contributed by atoms with Crippen LogP contribution in [0, 0.1) is 6.92 Å². The summed E-state index contributed by atoms with van der Waals surface area (Å²) in [7, 11) is 0. The van der Waals surface area contributed by atoms with E-state index in [0.717, 1.165) is 0 Å². The molecule has 6 heteroatoms. The molecule has 6 nitrogen and oxygen atoms in total. The van der Waals surface area contributed by atoms with Gasteiger partial charge in [-0.15, -0.1) is 10.2 Å². The molecule has 1 aromatic heterocycles. The van der Waals surface area contributed by atoms with Gasteiger partial charge in [0.1, 0.15) is 5.60 Å². The van der Waals surface area contributed by atoms with Gasteiger partial charge in [0, 0.05) is 6.92 Å². The molecule has 0 saturated heterocycles. The van der Waals surface area contributed by atoms with E-state index in [1.165, 1.54) is 0 Å². The van der Waals surface area contributed by atoms with E-state index in [0.29, 0.717) is 11.8 Å². The molecular weight excluding hydrogens is 198 g/mol. The van der Waals surface area contributed by atoms with Crippen LogP contribution in [0.15, 0.2) is 4.42 Å². The molecule has 1 amide bonds. The van der Waals surface area contributed by atoms with Crippen molar-refractivity contribution in [2.45, 2.75) is 39.8 Å². The molecule has 84 valence electrons.